The third kappa shape index (κ3) is 5.64. The van der Waals surface area contributed by atoms with E-state index in [1.165, 1.54) is 21.8 Å². The summed E-state index contributed by atoms with van der Waals surface area (Å²) in [6.45, 7) is 0. The van der Waals surface area contributed by atoms with E-state index < -0.39 is 0 Å². The van der Waals surface area contributed by atoms with Crippen LogP contribution < -0.4 is 0 Å². The lowest BCUT2D eigenvalue weighted by Crippen LogP contribution is -2.04. The predicted molar refractivity (Wildman–Crippen MR) is 260 cm³/mol. The highest BCUT2D eigenvalue weighted by Gasteiger charge is 2.20. The summed E-state index contributed by atoms with van der Waals surface area (Å²) < 4.78 is 11.2. The fourth-order valence-corrected chi connectivity index (χ4v) is 9.66. The molecule has 0 amide bonds. The maximum Gasteiger partial charge on any atom is 0.235 e. The fourth-order valence-electron chi connectivity index (χ4n) is 9.66. The van der Waals surface area contributed by atoms with Crippen molar-refractivity contribution in [1.29, 1.82) is 0 Å². The zero-order valence-corrected chi connectivity index (χ0v) is 34.0. The van der Waals surface area contributed by atoms with Crippen molar-refractivity contribution in [3.05, 3.63) is 218 Å². The van der Waals surface area contributed by atoms with Gasteiger partial charge in [0.15, 0.2) is 0 Å². The molecule has 0 atom stereocenters. The van der Waals surface area contributed by atoms with E-state index in [4.69, 9.17) is 14.4 Å². The molecule has 63 heavy (non-hydrogen) atoms. The second kappa shape index (κ2) is 14.0. The van der Waals surface area contributed by atoms with Gasteiger partial charge in [-0.05, 0) is 89.0 Å². The van der Waals surface area contributed by atoms with E-state index in [1.807, 2.05) is 12.1 Å². The molecule has 294 valence electrons. The van der Waals surface area contributed by atoms with Crippen LogP contribution in [0.15, 0.2) is 223 Å². The van der Waals surface area contributed by atoms with Gasteiger partial charge in [0.25, 0.3) is 0 Å². The highest BCUT2D eigenvalue weighted by molar-refractivity contribution is 6.16. The van der Waals surface area contributed by atoms with Crippen LogP contribution in [-0.2, 0) is 0 Å². The highest BCUT2D eigenvalue weighted by atomic mass is 16.3. The second-order valence-electron chi connectivity index (χ2n) is 16.2. The van der Waals surface area contributed by atoms with Crippen molar-refractivity contribution in [1.82, 2.24) is 19.1 Å². The standard InChI is InChI=1S/C58H36N4O/c1-4-15-37(16-5-1)49-36-50(38-17-6-2-7-18-38)60-58(59-49)62-52-25-13-10-21-44(52)46-30-27-41(35-54(46)62)43-23-14-26-56-57(43)48-34-40(29-32-55(48)63-56)39-28-31-53-47(33-39)45-22-11-12-24-51(45)61(53)42-19-8-3-9-20-42/h1-36H. The Morgan fingerprint density at radius 1 is 0.317 bits per heavy atom. The molecule has 0 bridgehead atoms. The third-order valence-electron chi connectivity index (χ3n) is 12.6. The predicted octanol–water partition coefficient (Wildman–Crippen LogP) is 15.2. The fraction of sp³-hybridized carbons (Fsp3) is 0. The van der Waals surface area contributed by atoms with Crippen LogP contribution in [0.5, 0.6) is 0 Å². The number of furan rings is 1. The van der Waals surface area contributed by atoms with Gasteiger partial charge in [0, 0.05) is 49.1 Å². The van der Waals surface area contributed by atoms with Crippen LogP contribution in [0.3, 0.4) is 0 Å². The first kappa shape index (κ1) is 35.2. The van der Waals surface area contributed by atoms with E-state index in [0.29, 0.717) is 5.95 Å². The van der Waals surface area contributed by atoms with E-state index in [-0.39, 0.29) is 0 Å². The molecule has 0 radical (unpaired) electrons. The zero-order chi connectivity index (χ0) is 41.4. The van der Waals surface area contributed by atoms with Crippen LogP contribution in [0.1, 0.15) is 0 Å². The van der Waals surface area contributed by atoms with Crippen molar-refractivity contribution in [2.75, 3.05) is 0 Å². The number of fused-ring (bicyclic) bond motifs is 9. The van der Waals surface area contributed by atoms with E-state index in [1.54, 1.807) is 0 Å². The van der Waals surface area contributed by atoms with Crippen LogP contribution in [0.4, 0.5) is 0 Å². The van der Waals surface area contributed by atoms with Crippen molar-refractivity contribution in [3.8, 4) is 56.4 Å². The van der Waals surface area contributed by atoms with Gasteiger partial charge in [0.05, 0.1) is 33.5 Å². The molecule has 5 heteroatoms. The summed E-state index contributed by atoms with van der Waals surface area (Å²) in [5.74, 6) is 0.624. The van der Waals surface area contributed by atoms with E-state index in [9.17, 15) is 0 Å². The molecule has 0 spiro atoms. The minimum atomic E-state index is 0.624. The molecule has 0 aliphatic rings. The van der Waals surface area contributed by atoms with E-state index in [2.05, 4.69) is 215 Å². The molecule has 13 aromatic rings. The molecule has 4 aromatic heterocycles. The summed E-state index contributed by atoms with van der Waals surface area (Å²) in [5.41, 5.74) is 15.6. The summed E-state index contributed by atoms with van der Waals surface area (Å²) in [5, 5.41) is 6.91. The number of nitrogens with zero attached hydrogens (tertiary/aromatic N) is 4. The second-order valence-corrected chi connectivity index (χ2v) is 16.2. The summed E-state index contributed by atoms with van der Waals surface area (Å²) in [6, 6.07) is 77.3. The van der Waals surface area contributed by atoms with E-state index in [0.717, 1.165) is 94.2 Å². The Labute approximate surface area is 362 Å². The molecule has 0 N–H and O–H groups in total. The van der Waals surface area contributed by atoms with Crippen molar-refractivity contribution >= 4 is 65.6 Å². The van der Waals surface area contributed by atoms with Crippen molar-refractivity contribution in [2.24, 2.45) is 0 Å². The van der Waals surface area contributed by atoms with Gasteiger partial charge in [-0.3, -0.25) is 4.57 Å². The molecule has 4 heterocycles. The minimum absolute atomic E-state index is 0.624. The third-order valence-corrected chi connectivity index (χ3v) is 12.6. The first-order valence-electron chi connectivity index (χ1n) is 21.3. The lowest BCUT2D eigenvalue weighted by atomic mass is 9.96. The van der Waals surface area contributed by atoms with Crippen molar-refractivity contribution in [3.63, 3.8) is 0 Å². The van der Waals surface area contributed by atoms with Gasteiger partial charge >= 0.3 is 0 Å². The maximum atomic E-state index is 6.60. The SMILES string of the molecule is c1ccc(-c2cc(-c3ccccc3)nc(-n3c4ccccc4c4ccc(-c5cccc6oc7ccc(-c8ccc9c(c8)c8ccccc8n9-c8ccccc8)cc7c56)cc43)n2)cc1. The molecule has 5 nitrogen and oxygen atoms in total. The summed E-state index contributed by atoms with van der Waals surface area (Å²) >= 11 is 0. The summed E-state index contributed by atoms with van der Waals surface area (Å²) in [6.07, 6.45) is 0. The van der Waals surface area contributed by atoms with Gasteiger partial charge in [-0.25, -0.2) is 9.97 Å². The highest BCUT2D eigenvalue weighted by Crippen LogP contribution is 2.42. The Balaban J connectivity index is 0.992. The number of hydrogen-bond donors (Lipinski definition) is 0. The minimum Gasteiger partial charge on any atom is -0.456 e. The number of benzene rings is 9. The quantitative estimate of drug-likeness (QED) is 0.168. The van der Waals surface area contributed by atoms with Crippen LogP contribution in [-0.4, -0.2) is 19.1 Å². The summed E-state index contributed by atoms with van der Waals surface area (Å²) in [7, 11) is 0. The lowest BCUT2D eigenvalue weighted by Gasteiger charge is -2.12. The number of aromatic nitrogens is 4. The average molecular weight is 805 g/mol. The average Bonchev–Trinajstić information content (AvgIpc) is 4.01. The Bertz CT molecular complexity index is 3840. The van der Waals surface area contributed by atoms with Gasteiger partial charge in [0.1, 0.15) is 11.2 Å². The Kier molecular flexibility index (Phi) is 7.84. The van der Waals surface area contributed by atoms with Crippen molar-refractivity contribution < 1.29 is 4.42 Å². The Morgan fingerprint density at radius 3 is 1.59 bits per heavy atom. The van der Waals surface area contributed by atoms with Crippen LogP contribution in [0.25, 0.3) is 122 Å². The largest absolute Gasteiger partial charge is 0.456 e. The van der Waals surface area contributed by atoms with Crippen LogP contribution >= 0.6 is 0 Å². The molecule has 0 unspecified atom stereocenters. The smallest absolute Gasteiger partial charge is 0.235 e. The molecule has 0 fully saturated rings. The van der Waals surface area contributed by atoms with Gasteiger partial charge in [-0.1, -0.05) is 152 Å². The number of hydrogen-bond acceptors (Lipinski definition) is 3. The topological polar surface area (TPSA) is 48.8 Å². The zero-order valence-electron chi connectivity index (χ0n) is 34.0. The number of rotatable bonds is 6. The van der Waals surface area contributed by atoms with Crippen molar-refractivity contribution in [2.45, 2.75) is 0 Å². The molecule has 0 saturated carbocycles. The molecule has 0 aliphatic carbocycles. The first-order valence-corrected chi connectivity index (χ1v) is 21.3. The van der Waals surface area contributed by atoms with Gasteiger partial charge in [-0.15, -0.1) is 0 Å². The molecule has 0 aliphatic heterocycles. The lowest BCUT2D eigenvalue weighted by molar-refractivity contribution is 0.669. The van der Waals surface area contributed by atoms with E-state index >= 15 is 0 Å². The molecule has 9 aromatic carbocycles. The molecular weight excluding hydrogens is 769 g/mol. The van der Waals surface area contributed by atoms with Crippen LogP contribution in [0, 0.1) is 0 Å². The van der Waals surface area contributed by atoms with Crippen LogP contribution in [0.2, 0.25) is 0 Å². The molecule has 13 rings (SSSR count). The molecule has 0 saturated heterocycles. The maximum absolute atomic E-state index is 6.60. The monoisotopic (exact) mass is 804 g/mol. The van der Waals surface area contributed by atoms with Gasteiger partial charge < -0.3 is 8.98 Å². The normalized spacial score (nSPS) is 11.8. The van der Waals surface area contributed by atoms with Gasteiger partial charge in [0.2, 0.25) is 5.95 Å². The summed E-state index contributed by atoms with van der Waals surface area (Å²) in [4.78, 5) is 10.6. The van der Waals surface area contributed by atoms with Gasteiger partial charge in [-0.2, -0.15) is 0 Å². The number of para-hydroxylation sites is 3. The molecular formula is C58H36N4O. The first-order chi connectivity index (χ1) is 31.2. The Morgan fingerprint density at radius 2 is 0.873 bits per heavy atom. The Hall–Kier alpha value is -8.54.